The lowest BCUT2D eigenvalue weighted by Crippen LogP contribution is -2.49. The smallest absolute Gasteiger partial charge is 0.416 e. The molecule has 0 atom stereocenters. The number of hydrogen-bond acceptors (Lipinski definition) is 9. The van der Waals surface area contributed by atoms with Crippen LogP contribution in [0.1, 0.15) is 11.3 Å². The fourth-order valence-electron chi connectivity index (χ4n) is 3.75. The summed E-state index contributed by atoms with van der Waals surface area (Å²) < 4.78 is 49.9. The number of carbonyl (C=O) groups excluding carboxylic acids is 1. The molecule has 4 heterocycles. The van der Waals surface area contributed by atoms with Gasteiger partial charge < -0.3 is 18.6 Å². The first-order valence-electron chi connectivity index (χ1n) is 10.7. The second-order valence-electron chi connectivity index (χ2n) is 7.85. The number of nitriles is 1. The second kappa shape index (κ2) is 9.17. The Kier molecular flexibility index (Phi) is 5.88. The van der Waals surface area contributed by atoms with E-state index in [9.17, 15) is 23.2 Å². The van der Waals surface area contributed by atoms with Crippen molar-refractivity contribution in [2.75, 3.05) is 31.1 Å². The molecule has 4 aromatic rings. The Morgan fingerprint density at radius 2 is 1.94 bits per heavy atom. The van der Waals surface area contributed by atoms with E-state index in [4.69, 9.17) is 8.83 Å². The molecule has 1 aliphatic heterocycles. The van der Waals surface area contributed by atoms with E-state index in [1.165, 1.54) is 18.4 Å². The topological polar surface area (TPSA) is 130 Å². The fraction of sp³-hybridized carbons (Fsp3) is 0.273. The Morgan fingerprint density at radius 1 is 1.14 bits per heavy atom. The SMILES string of the molecule is N#Cc1nc(-c2ccco2)oc1N1CCN(C(=O)Cn2nnc(-c3cccc(C(F)(F)F)c3)n2)CC1. The van der Waals surface area contributed by atoms with Crippen LogP contribution in [0.3, 0.4) is 0 Å². The molecule has 36 heavy (non-hydrogen) atoms. The molecule has 0 N–H and O–H groups in total. The number of amides is 1. The number of furan rings is 1. The second-order valence-corrected chi connectivity index (χ2v) is 7.85. The van der Waals surface area contributed by atoms with Crippen molar-refractivity contribution in [3.05, 3.63) is 53.9 Å². The van der Waals surface area contributed by atoms with Crippen molar-refractivity contribution in [3.8, 4) is 29.1 Å². The maximum absolute atomic E-state index is 13.0. The Hall–Kier alpha value is -4.67. The molecule has 1 fully saturated rings. The van der Waals surface area contributed by atoms with Crippen molar-refractivity contribution in [2.45, 2.75) is 12.7 Å². The third kappa shape index (κ3) is 4.63. The van der Waals surface area contributed by atoms with Crippen LogP contribution in [0.2, 0.25) is 0 Å². The van der Waals surface area contributed by atoms with Crippen LogP contribution in [0.25, 0.3) is 23.0 Å². The van der Waals surface area contributed by atoms with Crippen LogP contribution in [-0.4, -0.2) is 62.2 Å². The summed E-state index contributed by atoms with van der Waals surface area (Å²) in [4.78, 5) is 21.4. The highest BCUT2D eigenvalue weighted by Crippen LogP contribution is 2.31. The van der Waals surface area contributed by atoms with Gasteiger partial charge in [0.15, 0.2) is 5.76 Å². The van der Waals surface area contributed by atoms with Gasteiger partial charge in [-0.2, -0.15) is 28.2 Å². The molecule has 14 heteroatoms. The molecule has 11 nitrogen and oxygen atoms in total. The minimum atomic E-state index is -4.50. The minimum Gasteiger partial charge on any atom is -0.459 e. The number of alkyl halides is 3. The predicted molar refractivity (Wildman–Crippen MR) is 116 cm³/mol. The molecule has 0 saturated carbocycles. The van der Waals surface area contributed by atoms with Crippen LogP contribution in [-0.2, 0) is 17.5 Å². The lowest BCUT2D eigenvalue weighted by atomic mass is 10.1. The third-order valence-electron chi connectivity index (χ3n) is 5.54. The van der Waals surface area contributed by atoms with E-state index in [-0.39, 0.29) is 35.4 Å². The van der Waals surface area contributed by atoms with Gasteiger partial charge in [0.25, 0.3) is 5.89 Å². The minimum absolute atomic E-state index is 0.0135. The average Bonchev–Trinajstić information content (AvgIpc) is 3.64. The van der Waals surface area contributed by atoms with E-state index in [1.807, 2.05) is 11.0 Å². The highest BCUT2D eigenvalue weighted by atomic mass is 19.4. The third-order valence-corrected chi connectivity index (χ3v) is 5.54. The van der Waals surface area contributed by atoms with E-state index in [0.717, 1.165) is 16.9 Å². The number of rotatable bonds is 5. The standard InChI is InChI=1S/C22H17F3N8O3/c23-22(24,25)15-4-1-3-14(11-15)19-28-30-33(29-19)13-18(34)31-6-8-32(9-7-31)21-16(12-26)27-20(36-21)17-5-2-10-35-17/h1-5,10-11H,6-9,13H2. The monoisotopic (exact) mass is 498 g/mol. The lowest BCUT2D eigenvalue weighted by Gasteiger charge is -2.34. The number of hydrogen-bond donors (Lipinski definition) is 0. The molecular formula is C22H17F3N8O3. The van der Waals surface area contributed by atoms with Crippen molar-refractivity contribution >= 4 is 11.8 Å². The zero-order chi connectivity index (χ0) is 25.3. The summed E-state index contributed by atoms with van der Waals surface area (Å²) in [5.41, 5.74) is -0.561. The molecular weight excluding hydrogens is 481 g/mol. The van der Waals surface area contributed by atoms with E-state index < -0.39 is 11.7 Å². The van der Waals surface area contributed by atoms with Gasteiger partial charge >= 0.3 is 6.18 Å². The van der Waals surface area contributed by atoms with Crippen LogP contribution >= 0.6 is 0 Å². The zero-order valence-electron chi connectivity index (χ0n) is 18.5. The number of halogens is 3. The molecule has 1 aromatic carbocycles. The molecule has 0 radical (unpaired) electrons. The van der Waals surface area contributed by atoms with Crippen molar-refractivity contribution in [1.82, 2.24) is 30.1 Å². The fourth-order valence-corrected chi connectivity index (χ4v) is 3.75. The number of carbonyl (C=O) groups is 1. The molecule has 0 bridgehead atoms. The first-order chi connectivity index (χ1) is 17.3. The summed E-state index contributed by atoms with van der Waals surface area (Å²) in [6.45, 7) is 1.26. The number of anilines is 1. The number of tetrazole rings is 1. The Morgan fingerprint density at radius 3 is 2.64 bits per heavy atom. The molecule has 184 valence electrons. The first kappa shape index (κ1) is 23.1. The van der Waals surface area contributed by atoms with Crippen molar-refractivity contribution < 1.29 is 26.8 Å². The van der Waals surface area contributed by atoms with Gasteiger partial charge in [-0.1, -0.05) is 12.1 Å². The average molecular weight is 498 g/mol. The number of piperazine rings is 1. The molecule has 5 rings (SSSR count). The number of benzene rings is 1. The van der Waals surface area contributed by atoms with Crippen LogP contribution < -0.4 is 4.90 Å². The van der Waals surface area contributed by atoms with Gasteiger partial charge in [-0.15, -0.1) is 10.2 Å². The summed E-state index contributed by atoms with van der Waals surface area (Å²) >= 11 is 0. The normalized spacial score (nSPS) is 14.2. The van der Waals surface area contributed by atoms with Crippen molar-refractivity contribution in [3.63, 3.8) is 0 Å². The molecule has 3 aromatic heterocycles. The summed E-state index contributed by atoms with van der Waals surface area (Å²) in [7, 11) is 0. The van der Waals surface area contributed by atoms with E-state index >= 15 is 0 Å². The van der Waals surface area contributed by atoms with Gasteiger partial charge in [0, 0.05) is 31.7 Å². The molecule has 0 aliphatic carbocycles. The summed E-state index contributed by atoms with van der Waals surface area (Å²) in [6.07, 6.45) is -3.02. The molecule has 0 spiro atoms. The van der Waals surface area contributed by atoms with Gasteiger partial charge in [-0.3, -0.25) is 4.79 Å². The van der Waals surface area contributed by atoms with Crippen LogP contribution in [0.4, 0.5) is 19.1 Å². The van der Waals surface area contributed by atoms with Gasteiger partial charge in [0.05, 0.1) is 11.8 Å². The maximum atomic E-state index is 13.0. The summed E-state index contributed by atoms with van der Waals surface area (Å²) in [5, 5.41) is 21.1. The number of oxazole rings is 1. The zero-order valence-corrected chi connectivity index (χ0v) is 18.5. The Balaban J connectivity index is 1.21. The van der Waals surface area contributed by atoms with Gasteiger partial charge in [-0.25, -0.2) is 0 Å². The summed E-state index contributed by atoms with van der Waals surface area (Å²) in [6, 6.07) is 9.94. The molecule has 1 aliphatic rings. The summed E-state index contributed by atoms with van der Waals surface area (Å²) in [5.74, 6) is 0.604. The van der Waals surface area contributed by atoms with Gasteiger partial charge in [0.1, 0.15) is 12.6 Å². The highest BCUT2D eigenvalue weighted by molar-refractivity contribution is 5.76. The quantitative estimate of drug-likeness (QED) is 0.408. The Bertz CT molecular complexity index is 1410. The maximum Gasteiger partial charge on any atom is 0.416 e. The van der Waals surface area contributed by atoms with Crippen molar-refractivity contribution in [2.24, 2.45) is 0 Å². The number of aromatic nitrogens is 5. The lowest BCUT2D eigenvalue weighted by molar-refractivity contribution is -0.137. The molecule has 1 amide bonds. The van der Waals surface area contributed by atoms with Crippen LogP contribution in [0.15, 0.2) is 51.5 Å². The van der Waals surface area contributed by atoms with Gasteiger partial charge in [0.2, 0.25) is 23.3 Å². The number of nitrogens with zero attached hydrogens (tertiary/aromatic N) is 8. The Labute approximate surface area is 201 Å². The van der Waals surface area contributed by atoms with Gasteiger partial charge in [-0.05, 0) is 29.5 Å². The van der Waals surface area contributed by atoms with E-state index in [0.29, 0.717) is 37.8 Å². The van der Waals surface area contributed by atoms with E-state index in [2.05, 4.69) is 20.4 Å². The molecule has 0 unspecified atom stereocenters. The van der Waals surface area contributed by atoms with E-state index in [1.54, 1.807) is 17.0 Å². The van der Waals surface area contributed by atoms with Crippen molar-refractivity contribution in [1.29, 1.82) is 5.26 Å². The van der Waals surface area contributed by atoms with Crippen LogP contribution in [0, 0.1) is 11.3 Å². The van der Waals surface area contributed by atoms with Crippen LogP contribution in [0.5, 0.6) is 0 Å². The largest absolute Gasteiger partial charge is 0.459 e. The first-order valence-corrected chi connectivity index (χ1v) is 10.7. The molecule has 1 saturated heterocycles. The predicted octanol–water partition coefficient (Wildman–Crippen LogP) is 2.83. The highest BCUT2D eigenvalue weighted by Gasteiger charge is 2.31.